The highest BCUT2D eigenvalue weighted by Gasteiger charge is 2.26. The van der Waals surface area contributed by atoms with Gasteiger partial charge in [-0.15, -0.1) is 0 Å². The lowest BCUT2D eigenvalue weighted by atomic mass is 9.96. The number of rotatable bonds is 2. The predicted molar refractivity (Wildman–Crippen MR) is 84.5 cm³/mol. The van der Waals surface area contributed by atoms with Gasteiger partial charge in [-0.3, -0.25) is 9.48 Å². The van der Waals surface area contributed by atoms with Gasteiger partial charge >= 0.3 is 5.97 Å². The van der Waals surface area contributed by atoms with Crippen molar-refractivity contribution in [2.24, 2.45) is 7.05 Å². The second kappa shape index (κ2) is 5.53. The zero-order valence-corrected chi connectivity index (χ0v) is 13.5. The molecular formula is C17H19N3O3. The first-order valence-electron chi connectivity index (χ1n) is 7.53. The van der Waals surface area contributed by atoms with Crippen molar-refractivity contribution in [3.05, 3.63) is 51.8 Å². The SMILES string of the molecule is Cc1nn(C)c(C)c1C(=O)N1CCc2ccc(C(=O)O)cc2C1. The van der Waals surface area contributed by atoms with Crippen molar-refractivity contribution in [2.45, 2.75) is 26.8 Å². The molecule has 0 fully saturated rings. The summed E-state index contributed by atoms with van der Waals surface area (Å²) in [5.74, 6) is -0.991. The number of fused-ring (bicyclic) bond motifs is 1. The molecule has 0 spiro atoms. The van der Waals surface area contributed by atoms with E-state index in [1.807, 2.05) is 27.0 Å². The summed E-state index contributed by atoms with van der Waals surface area (Å²) in [6.45, 7) is 4.78. The Balaban J connectivity index is 1.90. The molecule has 1 aliphatic heterocycles. The van der Waals surface area contributed by atoms with Crippen molar-refractivity contribution in [1.29, 1.82) is 0 Å². The van der Waals surface area contributed by atoms with Gasteiger partial charge in [0.25, 0.3) is 5.91 Å². The van der Waals surface area contributed by atoms with Crippen molar-refractivity contribution in [2.75, 3.05) is 6.54 Å². The normalized spacial score (nSPS) is 13.8. The maximum absolute atomic E-state index is 12.8. The van der Waals surface area contributed by atoms with Crippen LogP contribution in [0.3, 0.4) is 0 Å². The first-order chi connectivity index (χ1) is 10.9. The van der Waals surface area contributed by atoms with Crippen LogP contribution < -0.4 is 0 Å². The van der Waals surface area contributed by atoms with Crippen molar-refractivity contribution in [1.82, 2.24) is 14.7 Å². The predicted octanol–water partition coefficient (Wildman–Crippen LogP) is 1.93. The Kier molecular flexibility index (Phi) is 3.67. The Hall–Kier alpha value is -2.63. The summed E-state index contributed by atoms with van der Waals surface area (Å²) in [5, 5.41) is 13.4. The van der Waals surface area contributed by atoms with E-state index in [1.54, 1.807) is 21.7 Å². The van der Waals surface area contributed by atoms with Crippen molar-refractivity contribution < 1.29 is 14.7 Å². The zero-order chi connectivity index (χ0) is 16.7. The molecule has 1 aromatic carbocycles. The summed E-state index contributed by atoms with van der Waals surface area (Å²) in [7, 11) is 1.82. The van der Waals surface area contributed by atoms with Gasteiger partial charge in [0.05, 0.1) is 16.8 Å². The highest BCUT2D eigenvalue weighted by molar-refractivity contribution is 5.96. The molecule has 0 saturated carbocycles. The fraction of sp³-hybridized carbons (Fsp3) is 0.353. The van der Waals surface area contributed by atoms with Gasteiger partial charge in [-0.25, -0.2) is 4.79 Å². The summed E-state index contributed by atoms with van der Waals surface area (Å²) < 4.78 is 1.71. The van der Waals surface area contributed by atoms with Gasteiger partial charge in [-0.2, -0.15) is 5.10 Å². The van der Waals surface area contributed by atoms with Crippen LogP contribution in [0.4, 0.5) is 0 Å². The van der Waals surface area contributed by atoms with Gasteiger partial charge in [0.2, 0.25) is 0 Å². The van der Waals surface area contributed by atoms with Crippen LogP contribution in [-0.4, -0.2) is 38.2 Å². The Labute approximate surface area is 134 Å². The number of aromatic nitrogens is 2. The van der Waals surface area contributed by atoms with E-state index in [4.69, 9.17) is 5.11 Å². The second-order valence-electron chi connectivity index (χ2n) is 5.93. The van der Waals surface area contributed by atoms with Crippen LogP contribution in [0.25, 0.3) is 0 Å². The topological polar surface area (TPSA) is 75.4 Å². The minimum atomic E-state index is -0.949. The van der Waals surface area contributed by atoms with Crippen molar-refractivity contribution in [3.63, 3.8) is 0 Å². The maximum Gasteiger partial charge on any atom is 0.335 e. The number of benzene rings is 1. The van der Waals surface area contributed by atoms with Gasteiger partial charge in [0, 0.05) is 25.8 Å². The molecule has 6 heteroatoms. The standard InChI is InChI=1S/C17H19N3O3/c1-10-15(11(2)19(3)18-10)16(21)20-7-6-12-4-5-13(17(22)23)8-14(12)9-20/h4-5,8H,6-7,9H2,1-3H3,(H,22,23). The molecule has 120 valence electrons. The number of aryl methyl sites for hydroxylation is 2. The summed E-state index contributed by atoms with van der Waals surface area (Å²) in [5.41, 5.74) is 4.48. The van der Waals surface area contributed by atoms with Gasteiger partial charge < -0.3 is 10.0 Å². The van der Waals surface area contributed by atoms with Crippen LogP contribution in [-0.2, 0) is 20.0 Å². The van der Waals surface area contributed by atoms with Crippen LogP contribution in [0.2, 0.25) is 0 Å². The molecule has 23 heavy (non-hydrogen) atoms. The lowest BCUT2D eigenvalue weighted by Gasteiger charge is -2.29. The van der Waals surface area contributed by atoms with E-state index in [0.29, 0.717) is 18.7 Å². The Morgan fingerprint density at radius 3 is 2.57 bits per heavy atom. The molecule has 0 saturated heterocycles. The van der Waals surface area contributed by atoms with E-state index in [1.165, 1.54) is 0 Å². The number of aromatic carboxylic acids is 1. The lowest BCUT2D eigenvalue weighted by molar-refractivity contribution is 0.0696. The largest absolute Gasteiger partial charge is 0.478 e. The molecule has 1 N–H and O–H groups in total. The first kappa shape index (κ1) is 15.3. The molecule has 1 amide bonds. The molecule has 0 aliphatic carbocycles. The summed E-state index contributed by atoms with van der Waals surface area (Å²) in [6.07, 6.45) is 0.735. The van der Waals surface area contributed by atoms with Crippen molar-refractivity contribution >= 4 is 11.9 Å². The van der Waals surface area contributed by atoms with Crippen LogP contribution in [0.1, 0.15) is 43.2 Å². The number of carboxylic acids is 1. The molecule has 6 nitrogen and oxygen atoms in total. The summed E-state index contributed by atoms with van der Waals surface area (Å²) in [6, 6.07) is 5.13. The maximum atomic E-state index is 12.8. The third-order valence-electron chi connectivity index (χ3n) is 4.48. The number of carbonyl (C=O) groups is 2. The van der Waals surface area contributed by atoms with Crippen LogP contribution in [0.15, 0.2) is 18.2 Å². The highest BCUT2D eigenvalue weighted by Crippen LogP contribution is 2.23. The number of nitrogens with zero attached hydrogens (tertiary/aromatic N) is 3. The molecule has 2 aromatic rings. The van der Waals surface area contributed by atoms with Gasteiger partial charge in [-0.05, 0) is 43.5 Å². The van der Waals surface area contributed by atoms with Gasteiger partial charge in [0.1, 0.15) is 0 Å². The smallest absolute Gasteiger partial charge is 0.335 e. The number of carbonyl (C=O) groups excluding carboxylic acids is 1. The Bertz CT molecular complexity index is 808. The van der Waals surface area contributed by atoms with E-state index in [9.17, 15) is 9.59 Å². The Morgan fingerprint density at radius 2 is 1.96 bits per heavy atom. The second-order valence-corrected chi connectivity index (χ2v) is 5.93. The van der Waals surface area contributed by atoms with Gasteiger partial charge in [-0.1, -0.05) is 6.07 Å². The molecular weight excluding hydrogens is 294 g/mol. The highest BCUT2D eigenvalue weighted by atomic mass is 16.4. The van der Waals surface area contributed by atoms with Crippen LogP contribution in [0, 0.1) is 13.8 Å². The molecule has 0 radical (unpaired) electrons. The Morgan fingerprint density at radius 1 is 1.22 bits per heavy atom. The van der Waals surface area contributed by atoms with Crippen LogP contribution >= 0.6 is 0 Å². The molecule has 1 aliphatic rings. The third-order valence-corrected chi connectivity index (χ3v) is 4.48. The lowest BCUT2D eigenvalue weighted by Crippen LogP contribution is -2.36. The minimum Gasteiger partial charge on any atom is -0.478 e. The molecule has 0 atom stereocenters. The molecule has 3 rings (SSSR count). The first-order valence-corrected chi connectivity index (χ1v) is 7.53. The third kappa shape index (κ3) is 2.60. The number of hydrogen-bond acceptors (Lipinski definition) is 3. The average Bonchev–Trinajstić information content (AvgIpc) is 2.78. The van der Waals surface area contributed by atoms with E-state index in [0.717, 1.165) is 28.9 Å². The van der Waals surface area contributed by atoms with E-state index in [2.05, 4.69) is 5.10 Å². The number of carboxylic acid groups (broad SMARTS) is 1. The minimum absolute atomic E-state index is 0.0421. The van der Waals surface area contributed by atoms with E-state index < -0.39 is 5.97 Å². The summed E-state index contributed by atoms with van der Waals surface area (Å²) in [4.78, 5) is 25.7. The molecule has 0 unspecified atom stereocenters. The quantitative estimate of drug-likeness (QED) is 0.919. The number of amides is 1. The molecule has 2 heterocycles. The fourth-order valence-electron chi connectivity index (χ4n) is 3.10. The molecule has 0 bridgehead atoms. The molecule has 1 aromatic heterocycles. The van der Waals surface area contributed by atoms with E-state index in [-0.39, 0.29) is 11.5 Å². The monoisotopic (exact) mass is 313 g/mol. The fourth-order valence-corrected chi connectivity index (χ4v) is 3.10. The van der Waals surface area contributed by atoms with Crippen molar-refractivity contribution in [3.8, 4) is 0 Å². The number of hydrogen-bond donors (Lipinski definition) is 1. The van der Waals surface area contributed by atoms with Gasteiger partial charge in [0.15, 0.2) is 0 Å². The summed E-state index contributed by atoms with van der Waals surface area (Å²) >= 11 is 0. The zero-order valence-electron chi connectivity index (χ0n) is 13.5. The average molecular weight is 313 g/mol. The van der Waals surface area contributed by atoms with Crippen LogP contribution in [0.5, 0.6) is 0 Å². The van der Waals surface area contributed by atoms with E-state index >= 15 is 0 Å².